The van der Waals surface area contributed by atoms with E-state index in [1.807, 2.05) is 19.1 Å². The van der Waals surface area contributed by atoms with E-state index in [4.69, 9.17) is 4.74 Å². The second kappa shape index (κ2) is 7.48. The highest BCUT2D eigenvalue weighted by atomic mass is 32.2. The zero-order valence-electron chi connectivity index (χ0n) is 13.2. The molecule has 5 nitrogen and oxygen atoms in total. The van der Waals surface area contributed by atoms with Crippen molar-refractivity contribution in [1.29, 1.82) is 0 Å². The summed E-state index contributed by atoms with van der Waals surface area (Å²) in [6.07, 6.45) is 1.42. The normalized spacial score (nSPS) is 11.4. The third kappa shape index (κ3) is 4.71. The van der Waals surface area contributed by atoms with Gasteiger partial charge in [0.25, 0.3) is 0 Å². The van der Waals surface area contributed by atoms with Gasteiger partial charge in [0.05, 0.1) is 12.0 Å². The van der Waals surface area contributed by atoms with Gasteiger partial charge in [-0.1, -0.05) is 12.1 Å². The highest BCUT2D eigenvalue weighted by Gasteiger charge is 2.14. The molecule has 23 heavy (non-hydrogen) atoms. The molecule has 0 aliphatic carbocycles. The Bertz CT molecular complexity index is 755. The number of phenols is 1. The number of aryl methyl sites for hydroxylation is 2. The quantitative estimate of drug-likeness (QED) is 0.763. The van der Waals surface area contributed by atoms with Gasteiger partial charge in [-0.15, -0.1) is 0 Å². The van der Waals surface area contributed by atoms with Crippen LogP contribution in [0.25, 0.3) is 0 Å². The average Bonchev–Trinajstić information content (AvgIpc) is 2.53. The molecule has 2 rings (SSSR count). The second-order valence-electron chi connectivity index (χ2n) is 5.30. The predicted molar refractivity (Wildman–Crippen MR) is 89.3 cm³/mol. The molecule has 0 saturated heterocycles. The van der Waals surface area contributed by atoms with Gasteiger partial charge in [-0.3, -0.25) is 0 Å². The summed E-state index contributed by atoms with van der Waals surface area (Å²) in [4.78, 5) is 0.237. The van der Waals surface area contributed by atoms with Crippen LogP contribution >= 0.6 is 0 Å². The summed E-state index contributed by atoms with van der Waals surface area (Å²) in [5.74, 6) is 0.889. The maximum absolute atomic E-state index is 12.3. The number of hydrogen-bond donors (Lipinski definition) is 2. The van der Waals surface area contributed by atoms with Crippen molar-refractivity contribution >= 4 is 10.0 Å². The van der Waals surface area contributed by atoms with Crippen molar-refractivity contribution in [2.45, 2.75) is 24.7 Å². The van der Waals surface area contributed by atoms with Crippen molar-refractivity contribution in [3.63, 3.8) is 0 Å². The van der Waals surface area contributed by atoms with Gasteiger partial charge < -0.3 is 9.84 Å². The molecule has 0 unspecified atom stereocenters. The molecule has 0 heterocycles. The smallest absolute Gasteiger partial charge is 0.240 e. The SMILES string of the molecule is COc1ccc(S(=O)(=O)NCCCc2ccc(O)cc2)cc1C. The molecule has 2 aromatic rings. The van der Waals surface area contributed by atoms with Gasteiger partial charge in [-0.25, -0.2) is 13.1 Å². The first kappa shape index (κ1) is 17.3. The van der Waals surface area contributed by atoms with Crippen LogP contribution in [0.4, 0.5) is 0 Å². The van der Waals surface area contributed by atoms with Gasteiger partial charge in [0.1, 0.15) is 11.5 Å². The number of nitrogens with one attached hydrogen (secondary N) is 1. The molecule has 0 fully saturated rings. The highest BCUT2D eigenvalue weighted by Crippen LogP contribution is 2.21. The van der Waals surface area contributed by atoms with Crippen molar-refractivity contribution in [1.82, 2.24) is 4.72 Å². The fraction of sp³-hybridized carbons (Fsp3) is 0.294. The Kier molecular flexibility index (Phi) is 5.63. The van der Waals surface area contributed by atoms with Gasteiger partial charge in [0.2, 0.25) is 10.0 Å². The first-order valence-electron chi connectivity index (χ1n) is 7.34. The van der Waals surface area contributed by atoms with Gasteiger partial charge in [-0.05, 0) is 61.2 Å². The van der Waals surface area contributed by atoms with Crippen LogP contribution in [0.1, 0.15) is 17.5 Å². The van der Waals surface area contributed by atoms with Crippen LogP contribution in [0.5, 0.6) is 11.5 Å². The maximum Gasteiger partial charge on any atom is 0.240 e. The Labute approximate surface area is 137 Å². The number of ether oxygens (including phenoxy) is 1. The first-order chi connectivity index (χ1) is 10.9. The lowest BCUT2D eigenvalue weighted by atomic mass is 10.1. The fourth-order valence-electron chi connectivity index (χ4n) is 2.26. The minimum Gasteiger partial charge on any atom is -0.508 e. The summed E-state index contributed by atoms with van der Waals surface area (Å²) in [5, 5.41) is 9.22. The molecule has 0 aromatic heterocycles. The van der Waals surface area contributed by atoms with E-state index in [0.717, 1.165) is 17.5 Å². The standard InChI is InChI=1S/C17H21NO4S/c1-13-12-16(9-10-17(13)22-2)23(20,21)18-11-3-4-14-5-7-15(19)8-6-14/h5-10,12,18-19H,3-4,11H2,1-2H3. The van der Waals surface area contributed by atoms with Crippen molar-refractivity contribution in [3.8, 4) is 11.5 Å². The molecular weight excluding hydrogens is 314 g/mol. The summed E-state index contributed by atoms with van der Waals surface area (Å²) in [7, 11) is -1.96. The third-order valence-electron chi connectivity index (χ3n) is 3.55. The zero-order chi connectivity index (χ0) is 16.9. The molecule has 124 valence electrons. The number of rotatable bonds is 7. The van der Waals surface area contributed by atoms with Crippen molar-refractivity contribution in [2.75, 3.05) is 13.7 Å². The molecule has 2 N–H and O–H groups in total. The Morgan fingerprint density at radius 3 is 2.43 bits per heavy atom. The van der Waals surface area contributed by atoms with E-state index in [2.05, 4.69) is 4.72 Å². The number of methoxy groups -OCH3 is 1. The summed E-state index contributed by atoms with van der Waals surface area (Å²) >= 11 is 0. The largest absolute Gasteiger partial charge is 0.508 e. The first-order valence-corrected chi connectivity index (χ1v) is 8.83. The van der Waals surface area contributed by atoms with Gasteiger partial charge in [0.15, 0.2) is 0 Å². The second-order valence-corrected chi connectivity index (χ2v) is 7.07. The zero-order valence-corrected chi connectivity index (χ0v) is 14.1. The Morgan fingerprint density at radius 1 is 1.13 bits per heavy atom. The molecular formula is C17H21NO4S. The summed E-state index contributed by atoms with van der Waals surface area (Å²) in [6.45, 7) is 2.16. The van der Waals surface area contributed by atoms with Crippen LogP contribution in [-0.4, -0.2) is 27.2 Å². The van der Waals surface area contributed by atoms with E-state index >= 15 is 0 Å². The summed E-state index contributed by atoms with van der Waals surface area (Å²) in [5.41, 5.74) is 1.83. The van der Waals surface area contributed by atoms with Crippen LogP contribution in [-0.2, 0) is 16.4 Å². The molecule has 6 heteroatoms. The van der Waals surface area contributed by atoms with E-state index < -0.39 is 10.0 Å². The number of aromatic hydroxyl groups is 1. The van der Waals surface area contributed by atoms with Crippen LogP contribution < -0.4 is 9.46 Å². The lowest BCUT2D eigenvalue weighted by Crippen LogP contribution is -2.25. The number of benzene rings is 2. The predicted octanol–water partition coefficient (Wildman–Crippen LogP) is 2.62. The molecule has 0 bridgehead atoms. The maximum atomic E-state index is 12.3. The lowest BCUT2D eigenvalue weighted by molar-refractivity contribution is 0.411. The van der Waals surface area contributed by atoms with Crippen LogP contribution in [0.2, 0.25) is 0 Å². The van der Waals surface area contributed by atoms with E-state index in [1.54, 1.807) is 31.4 Å². The number of sulfonamides is 1. The Morgan fingerprint density at radius 2 is 1.83 bits per heavy atom. The molecule has 0 aliphatic rings. The van der Waals surface area contributed by atoms with Crippen LogP contribution in [0.15, 0.2) is 47.4 Å². The highest BCUT2D eigenvalue weighted by molar-refractivity contribution is 7.89. The molecule has 2 aromatic carbocycles. The van der Waals surface area contributed by atoms with Crippen molar-refractivity contribution in [3.05, 3.63) is 53.6 Å². The summed E-state index contributed by atoms with van der Waals surface area (Å²) in [6, 6.07) is 11.7. The number of phenolic OH excluding ortho intramolecular Hbond substituents is 1. The van der Waals surface area contributed by atoms with Gasteiger partial charge in [-0.2, -0.15) is 0 Å². The minimum atomic E-state index is -3.51. The number of hydrogen-bond acceptors (Lipinski definition) is 4. The molecule has 0 radical (unpaired) electrons. The van der Waals surface area contributed by atoms with Gasteiger partial charge >= 0.3 is 0 Å². The van der Waals surface area contributed by atoms with Crippen LogP contribution in [0, 0.1) is 6.92 Å². The Balaban J connectivity index is 1.91. The molecule has 0 aliphatic heterocycles. The Hall–Kier alpha value is -2.05. The monoisotopic (exact) mass is 335 g/mol. The van der Waals surface area contributed by atoms with E-state index in [1.165, 1.54) is 6.07 Å². The van der Waals surface area contributed by atoms with Crippen molar-refractivity contribution in [2.24, 2.45) is 0 Å². The van der Waals surface area contributed by atoms with Crippen molar-refractivity contribution < 1.29 is 18.3 Å². The average molecular weight is 335 g/mol. The molecule has 0 amide bonds. The molecule has 0 saturated carbocycles. The van der Waals surface area contributed by atoms with E-state index in [0.29, 0.717) is 18.7 Å². The van der Waals surface area contributed by atoms with Gasteiger partial charge in [0, 0.05) is 6.54 Å². The van der Waals surface area contributed by atoms with Crippen LogP contribution in [0.3, 0.4) is 0 Å². The molecule has 0 atom stereocenters. The topological polar surface area (TPSA) is 75.6 Å². The third-order valence-corrected chi connectivity index (χ3v) is 5.01. The minimum absolute atomic E-state index is 0.226. The van der Waals surface area contributed by atoms with E-state index in [-0.39, 0.29) is 10.6 Å². The molecule has 0 spiro atoms. The summed E-state index contributed by atoms with van der Waals surface area (Å²) < 4.78 is 32.2. The van der Waals surface area contributed by atoms with E-state index in [9.17, 15) is 13.5 Å². The lowest BCUT2D eigenvalue weighted by Gasteiger charge is -2.10. The fourth-order valence-corrected chi connectivity index (χ4v) is 3.42.